The normalized spacial score (nSPS) is 14.4. The Balaban J connectivity index is 1.25. The number of amides is 1. The number of anilines is 1. The Kier molecular flexibility index (Phi) is 7.67. The Morgan fingerprint density at radius 2 is 1.55 bits per heavy atom. The zero-order valence-electron chi connectivity index (χ0n) is 17.3. The molecule has 1 saturated heterocycles. The van der Waals surface area contributed by atoms with Crippen molar-refractivity contribution in [2.45, 2.75) is 12.3 Å². The maximum absolute atomic E-state index is 12.4. The summed E-state index contributed by atoms with van der Waals surface area (Å²) in [6.07, 6.45) is 0. The van der Waals surface area contributed by atoms with Gasteiger partial charge in [0, 0.05) is 54.2 Å². The molecule has 1 aliphatic heterocycles. The molecule has 1 N–H and O–H groups in total. The molecule has 3 aromatic carbocycles. The van der Waals surface area contributed by atoms with Crippen molar-refractivity contribution in [1.82, 2.24) is 9.62 Å². The van der Waals surface area contributed by atoms with Crippen LogP contribution in [0.2, 0.25) is 0 Å². The van der Waals surface area contributed by atoms with Gasteiger partial charge in [-0.05, 0) is 53.4 Å². The van der Waals surface area contributed by atoms with Gasteiger partial charge in [-0.25, -0.2) is 0 Å². The van der Waals surface area contributed by atoms with E-state index in [4.69, 9.17) is 0 Å². The van der Waals surface area contributed by atoms with Crippen molar-refractivity contribution in [2.24, 2.45) is 0 Å². The molecule has 6 heteroatoms. The van der Waals surface area contributed by atoms with Gasteiger partial charge in [0.25, 0.3) is 5.91 Å². The van der Waals surface area contributed by atoms with Crippen molar-refractivity contribution in [3.63, 3.8) is 0 Å². The van der Waals surface area contributed by atoms with Crippen LogP contribution in [0, 0.1) is 0 Å². The summed E-state index contributed by atoms with van der Waals surface area (Å²) in [5.74, 6) is 0.708. The second kappa shape index (κ2) is 10.8. The average molecular weight is 496 g/mol. The van der Waals surface area contributed by atoms with Gasteiger partial charge in [-0.15, -0.1) is 0 Å². The predicted octanol–water partition coefficient (Wildman–Crippen LogP) is 5.35. The monoisotopic (exact) mass is 495 g/mol. The topological polar surface area (TPSA) is 35.6 Å². The lowest BCUT2D eigenvalue weighted by molar-refractivity contribution is 0.0984. The fourth-order valence-corrected chi connectivity index (χ4v) is 4.76. The summed E-state index contributed by atoms with van der Waals surface area (Å²) in [7, 11) is 0. The summed E-state index contributed by atoms with van der Waals surface area (Å²) in [6.45, 7) is 5.00. The zero-order valence-corrected chi connectivity index (χ0v) is 19.7. The van der Waals surface area contributed by atoms with E-state index in [9.17, 15) is 4.79 Å². The number of rotatable bonds is 7. The second-order valence-corrected chi connectivity index (χ2v) is 9.24. The first-order chi connectivity index (χ1) is 15.2. The van der Waals surface area contributed by atoms with E-state index in [0.717, 1.165) is 38.5 Å². The minimum Gasteiger partial charge on any atom is -0.369 e. The van der Waals surface area contributed by atoms with Crippen molar-refractivity contribution in [1.29, 1.82) is 0 Å². The third-order valence-corrected chi connectivity index (χ3v) is 7.05. The largest absolute Gasteiger partial charge is 0.369 e. The molecule has 0 unspecified atom stereocenters. The molecule has 0 aliphatic carbocycles. The number of carbonyl (C=O) groups excluding carboxylic acids is 1. The highest BCUT2D eigenvalue weighted by Gasteiger charge is 2.18. The molecule has 1 heterocycles. The van der Waals surface area contributed by atoms with Crippen LogP contribution in [0.5, 0.6) is 0 Å². The minimum atomic E-state index is -0.0502. The van der Waals surface area contributed by atoms with E-state index in [1.165, 1.54) is 33.2 Å². The van der Waals surface area contributed by atoms with Crippen molar-refractivity contribution in [3.8, 4) is 0 Å². The highest BCUT2D eigenvalue weighted by atomic mass is 79.9. The fraction of sp³-hybridized carbons (Fsp3) is 0.240. The Hall–Kier alpha value is -2.28. The zero-order chi connectivity index (χ0) is 21.5. The minimum absolute atomic E-state index is 0.0502. The van der Waals surface area contributed by atoms with Crippen LogP contribution < -0.4 is 9.62 Å². The lowest BCUT2D eigenvalue weighted by atomic mass is 10.1. The van der Waals surface area contributed by atoms with E-state index < -0.39 is 0 Å². The maximum Gasteiger partial charge on any atom is 0.261 e. The number of benzene rings is 3. The maximum atomic E-state index is 12.4. The van der Waals surface area contributed by atoms with Crippen LogP contribution in [0.3, 0.4) is 0 Å². The van der Waals surface area contributed by atoms with E-state index in [1.54, 1.807) is 0 Å². The molecule has 3 aromatic rings. The third kappa shape index (κ3) is 6.12. The molecular weight excluding hydrogens is 470 g/mol. The number of hydrogen-bond acceptors (Lipinski definition) is 4. The summed E-state index contributed by atoms with van der Waals surface area (Å²) in [5.41, 5.74) is 4.39. The van der Waals surface area contributed by atoms with Gasteiger partial charge in [-0.1, -0.05) is 64.5 Å². The van der Waals surface area contributed by atoms with Crippen LogP contribution in [-0.4, -0.2) is 37.0 Å². The third-order valence-electron chi connectivity index (χ3n) is 5.47. The van der Waals surface area contributed by atoms with Crippen molar-refractivity contribution in [3.05, 3.63) is 100 Å². The molecule has 1 aliphatic rings. The first-order valence-electron chi connectivity index (χ1n) is 10.5. The smallest absolute Gasteiger partial charge is 0.261 e. The molecule has 0 saturated carbocycles. The molecular formula is C25H26BrN3OS. The Morgan fingerprint density at radius 3 is 2.26 bits per heavy atom. The highest BCUT2D eigenvalue weighted by molar-refractivity contribution is 9.10. The molecule has 4 nitrogen and oxygen atoms in total. The number of hydrogen-bond donors (Lipinski definition) is 1. The van der Waals surface area contributed by atoms with Crippen LogP contribution in [0.4, 0.5) is 5.69 Å². The molecule has 1 amide bonds. The molecule has 0 atom stereocenters. The van der Waals surface area contributed by atoms with Gasteiger partial charge in [0.05, 0.1) is 0 Å². The molecule has 160 valence electrons. The van der Waals surface area contributed by atoms with Gasteiger partial charge in [-0.3, -0.25) is 14.4 Å². The van der Waals surface area contributed by atoms with Crippen LogP contribution in [0.15, 0.2) is 83.3 Å². The summed E-state index contributed by atoms with van der Waals surface area (Å²) in [4.78, 5) is 17.3. The Labute approximate surface area is 196 Å². The fourth-order valence-electron chi connectivity index (χ4n) is 3.67. The van der Waals surface area contributed by atoms with Crippen LogP contribution in [0.1, 0.15) is 21.5 Å². The summed E-state index contributed by atoms with van der Waals surface area (Å²) < 4.78 is 4.11. The second-order valence-electron chi connectivity index (χ2n) is 7.61. The number of piperazine rings is 1. The summed E-state index contributed by atoms with van der Waals surface area (Å²) >= 11 is 5.07. The van der Waals surface area contributed by atoms with E-state index in [1.807, 2.05) is 30.3 Å². The molecule has 31 heavy (non-hydrogen) atoms. The molecule has 0 radical (unpaired) electrons. The van der Waals surface area contributed by atoms with Gasteiger partial charge < -0.3 is 4.90 Å². The summed E-state index contributed by atoms with van der Waals surface area (Å²) in [6, 6.07) is 26.5. The van der Waals surface area contributed by atoms with E-state index >= 15 is 0 Å². The number of nitrogens with one attached hydrogen (secondary N) is 1. The van der Waals surface area contributed by atoms with Crippen LogP contribution in [-0.2, 0) is 12.3 Å². The first kappa shape index (κ1) is 21.9. The van der Waals surface area contributed by atoms with Crippen molar-refractivity contribution >= 4 is 39.5 Å². The quantitative estimate of drug-likeness (QED) is 0.448. The van der Waals surface area contributed by atoms with Crippen LogP contribution in [0.25, 0.3) is 0 Å². The standard InChI is InChI=1S/C25H26BrN3OS/c26-24-9-5-4-8-22(24)18-28-14-16-29(17-15-28)23-12-10-21(11-13-23)25(30)27-31-19-20-6-2-1-3-7-20/h1-13H,14-19H2,(H,27,30). The molecule has 0 aromatic heterocycles. The molecule has 1 fully saturated rings. The SMILES string of the molecule is O=C(NSCc1ccccc1)c1ccc(N2CCN(Cc3ccccc3Br)CC2)cc1. The molecule has 0 spiro atoms. The van der Waals surface area contributed by atoms with Crippen LogP contribution >= 0.6 is 27.9 Å². The van der Waals surface area contributed by atoms with E-state index in [2.05, 4.69) is 79.0 Å². The van der Waals surface area contributed by atoms with Gasteiger partial charge in [0.2, 0.25) is 0 Å². The van der Waals surface area contributed by atoms with Crippen molar-refractivity contribution in [2.75, 3.05) is 31.1 Å². The lowest BCUT2D eigenvalue weighted by Crippen LogP contribution is -2.46. The van der Waals surface area contributed by atoms with Gasteiger partial charge in [0.15, 0.2) is 0 Å². The molecule has 0 bridgehead atoms. The predicted molar refractivity (Wildman–Crippen MR) is 133 cm³/mol. The van der Waals surface area contributed by atoms with E-state index in [-0.39, 0.29) is 5.91 Å². The highest BCUT2D eigenvalue weighted by Crippen LogP contribution is 2.21. The van der Waals surface area contributed by atoms with E-state index in [0.29, 0.717) is 5.56 Å². The lowest BCUT2D eigenvalue weighted by Gasteiger charge is -2.36. The number of nitrogens with zero attached hydrogens (tertiary/aromatic N) is 2. The Morgan fingerprint density at radius 1 is 0.871 bits per heavy atom. The van der Waals surface area contributed by atoms with Gasteiger partial charge in [0.1, 0.15) is 0 Å². The van der Waals surface area contributed by atoms with Crippen molar-refractivity contribution < 1.29 is 4.79 Å². The average Bonchev–Trinajstić information content (AvgIpc) is 2.82. The number of carbonyl (C=O) groups is 1. The van der Waals surface area contributed by atoms with Gasteiger partial charge >= 0.3 is 0 Å². The number of halogens is 1. The van der Waals surface area contributed by atoms with Gasteiger partial charge in [-0.2, -0.15) is 0 Å². The Bertz CT molecular complexity index is 989. The molecule has 4 rings (SSSR count). The summed E-state index contributed by atoms with van der Waals surface area (Å²) in [5, 5.41) is 0. The first-order valence-corrected chi connectivity index (χ1v) is 12.2.